The predicted molar refractivity (Wildman–Crippen MR) is 118 cm³/mol. The number of aromatic nitrogens is 2. The van der Waals surface area contributed by atoms with Crippen LogP contribution in [0.5, 0.6) is 23.0 Å². The van der Waals surface area contributed by atoms with Crippen LogP contribution in [0.25, 0.3) is 11.1 Å². The Morgan fingerprint density at radius 2 is 1.55 bits per heavy atom. The average Bonchev–Trinajstić information content (AvgIpc) is 3.10. The van der Waals surface area contributed by atoms with Crippen LogP contribution < -0.4 is 24.3 Å². The van der Waals surface area contributed by atoms with Crippen molar-refractivity contribution in [3.8, 4) is 34.1 Å². The zero-order chi connectivity index (χ0) is 22.5. The summed E-state index contributed by atoms with van der Waals surface area (Å²) in [4.78, 5) is 12.5. The van der Waals surface area contributed by atoms with Crippen molar-refractivity contribution in [3.63, 3.8) is 0 Å². The highest BCUT2D eigenvalue weighted by Gasteiger charge is 2.20. The topological polar surface area (TPSA) is 94.7 Å². The average molecular weight is 425 g/mol. The number of anilines is 1. The van der Waals surface area contributed by atoms with E-state index in [1.807, 2.05) is 39.0 Å². The van der Waals surface area contributed by atoms with Gasteiger partial charge in [0, 0.05) is 11.3 Å². The van der Waals surface area contributed by atoms with E-state index in [0.29, 0.717) is 28.8 Å². The van der Waals surface area contributed by atoms with Crippen molar-refractivity contribution >= 4 is 11.7 Å². The highest BCUT2D eigenvalue weighted by atomic mass is 16.5. The lowest BCUT2D eigenvalue weighted by Crippen LogP contribution is -2.20. The lowest BCUT2D eigenvalue weighted by molar-refractivity contribution is -0.118. The lowest BCUT2D eigenvalue weighted by atomic mass is 10.0. The van der Waals surface area contributed by atoms with E-state index in [2.05, 4.69) is 15.5 Å². The van der Waals surface area contributed by atoms with Crippen molar-refractivity contribution in [1.82, 2.24) is 10.2 Å². The number of methoxy groups -OCH3 is 3. The van der Waals surface area contributed by atoms with Crippen LogP contribution in [0, 0.1) is 20.8 Å². The van der Waals surface area contributed by atoms with Gasteiger partial charge in [-0.3, -0.25) is 9.89 Å². The Bertz CT molecular complexity index is 1050. The van der Waals surface area contributed by atoms with Crippen LogP contribution in [0.15, 0.2) is 30.3 Å². The normalized spacial score (nSPS) is 10.5. The van der Waals surface area contributed by atoms with Gasteiger partial charge in [-0.1, -0.05) is 6.07 Å². The molecule has 3 rings (SSSR count). The van der Waals surface area contributed by atoms with Gasteiger partial charge in [0.1, 0.15) is 5.75 Å². The fraction of sp³-hybridized carbons (Fsp3) is 0.304. The van der Waals surface area contributed by atoms with Crippen LogP contribution >= 0.6 is 0 Å². The number of hydrogen-bond acceptors (Lipinski definition) is 6. The molecule has 0 spiro atoms. The van der Waals surface area contributed by atoms with Gasteiger partial charge in [-0.25, -0.2) is 0 Å². The molecule has 31 heavy (non-hydrogen) atoms. The number of rotatable bonds is 8. The molecule has 0 fully saturated rings. The van der Waals surface area contributed by atoms with Crippen LogP contribution in [0.4, 0.5) is 5.82 Å². The molecule has 8 nitrogen and oxygen atoms in total. The molecule has 8 heteroatoms. The highest BCUT2D eigenvalue weighted by Crippen LogP contribution is 2.43. The summed E-state index contributed by atoms with van der Waals surface area (Å²) in [5.74, 6) is 2.22. The number of ether oxygens (including phenoxy) is 4. The van der Waals surface area contributed by atoms with Crippen LogP contribution in [0.2, 0.25) is 0 Å². The van der Waals surface area contributed by atoms with Gasteiger partial charge in [-0.05, 0) is 61.7 Å². The van der Waals surface area contributed by atoms with E-state index in [1.54, 1.807) is 33.5 Å². The molecule has 1 amide bonds. The Morgan fingerprint density at radius 1 is 0.935 bits per heavy atom. The third-order valence-electron chi connectivity index (χ3n) is 4.72. The van der Waals surface area contributed by atoms with Gasteiger partial charge in [-0.15, -0.1) is 0 Å². The molecule has 0 bridgehead atoms. The van der Waals surface area contributed by atoms with E-state index in [9.17, 15) is 4.79 Å². The quantitative estimate of drug-likeness (QED) is 0.566. The summed E-state index contributed by atoms with van der Waals surface area (Å²) in [5.41, 5.74) is 4.40. The van der Waals surface area contributed by atoms with E-state index in [0.717, 1.165) is 27.9 Å². The molecule has 0 atom stereocenters. The number of H-pyrrole nitrogens is 1. The first-order chi connectivity index (χ1) is 14.9. The molecule has 0 saturated heterocycles. The first kappa shape index (κ1) is 22.0. The molecule has 0 aliphatic rings. The number of aromatic amines is 1. The monoisotopic (exact) mass is 425 g/mol. The number of benzene rings is 2. The minimum absolute atomic E-state index is 0.135. The molecule has 0 unspecified atom stereocenters. The number of carbonyl (C=O) groups excluding carboxylic acids is 1. The molecule has 1 aromatic heterocycles. The van der Waals surface area contributed by atoms with Gasteiger partial charge in [-0.2, -0.15) is 5.10 Å². The van der Waals surface area contributed by atoms with Crippen LogP contribution in [-0.4, -0.2) is 44.0 Å². The molecular weight excluding hydrogens is 398 g/mol. The van der Waals surface area contributed by atoms with Gasteiger partial charge in [0.2, 0.25) is 5.75 Å². The second-order valence-electron chi connectivity index (χ2n) is 7.15. The molecule has 0 aliphatic heterocycles. The number of carbonyl (C=O) groups is 1. The summed E-state index contributed by atoms with van der Waals surface area (Å²) in [6.45, 7) is 5.70. The molecule has 0 saturated carbocycles. The second-order valence-corrected chi connectivity index (χ2v) is 7.15. The number of nitrogens with zero attached hydrogens (tertiary/aromatic N) is 1. The summed E-state index contributed by atoms with van der Waals surface area (Å²) in [6, 6.07) is 9.44. The molecular formula is C23H27N3O5. The van der Waals surface area contributed by atoms with Crippen LogP contribution in [-0.2, 0) is 4.79 Å². The maximum absolute atomic E-state index is 12.5. The van der Waals surface area contributed by atoms with Gasteiger partial charge >= 0.3 is 0 Å². The third kappa shape index (κ3) is 4.91. The first-order valence-corrected chi connectivity index (χ1v) is 9.72. The smallest absolute Gasteiger partial charge is 0.263 e. The maximum atomic E-state index is 12.5. The van der Waals surface area contributed by atoms with E-state index in [-0.39, 0.29) is 12.5 Å². The van der Waals surface area contributed by atoms with E-state index in [1.165, 1.54) is 0 Å². The number of aryl methyl sites for hydroxylation is 3. The zero-order valence-corrected chi connectivity index (χ0v) is 18.6. The van der Waals surface area contributed by atoms with Gasteiger partial charge in [0.25, 0.3) is 5.91 Å². The van der Waals surface area contributed by atoms with Crippen molar-refractivity contribution in [3.05, 3.63) is 47.2 Å². The standard InChI is InChI=1S/C23H27N3O5/c1-13-7-14(2)9-17(8-13)31-12-20(27)24-23-21(15(3)25-26-23)16-10-18(28-4)22(30-6)19(11-16)29-5/h7-11H,12H2,1-6H3,(H2,24,25,26,27). The SMILES string of the molecule is COc1cc(-c2c(NC(=O)COc3cc(C)cc(C)c3)n[nH]c2C)cc(OC)c1OC. The minimum atomic E-state index is -0.320. The van der Waals surface area contributed by atoms with Gasteiger partial charge < -0.3 is 24.3 Å². The second kappa shape index (κ2) is 9.42. The van der Waals surface area contributed by atoms with Gasteiger partial charge in [0.15, 0.2) is 23.9 Å². The first-order valence-electron chi connectivity index (χ1n) is 9.72. The van der Waals surface area contributed by atoms with E-state index in [4.69, 9.17) is 18.9 Å². The molecule has 1 heterocycles. The summed E-state index contributed by atoms with van der Waals surface area (Å²) in [6.07, 6.45) is 0. The molecule has 0 aliphatic carbocycles. The number of hydrogen-bond donors (Lipinski definition) is 2. The largest absolute Gasteiger partial charge is 0.493 e. The number of amides is 1. The molecule has 2 aromatic carbocycles. The minimum Gasteiger partial charge on any atom is -0.493 e. The summed E-state index contributed by atoms with van der Waals surface area (Å²) < 4.78 is 21.9. The van der Waals surface area contributed by atoms with E-state index >= 15 is 0 Å². The van der Waals surface area contributed by atoms with Crippen LogP contribution in [0.3, 0.4) is 0 Å². The van der Waals surface area contributed by atoms with Crippen LogP contribution in [0.1, 0.15) is 16.8 Å². The Balaban J connectivity index is 1.83. The van der Waals surface area contributed by atoms with Crippen molar-refractivity contribution in [2.24, 2.45) is 0 Å². The molecule has 2 N–H and O–H groups in total. The van der Waals surface area contributed by atoms with Crippen molar-refractivity contribution in [2.45, 2.75) is 20.8 Å². The Labute approximate surface area is 181 Å². The third-order valence-corrected chi connectivity index (χ3v) is 4.72. The maximum Gasteiger partial charge on any atom is 0.263 e. The van der Waals surface area contributed by atoms with Crippen molar-refractivity contribution in [1.29, 1.82) is 0 Å². The number of nitrogens with one attached hydrogen (secondary N) is 2. The zero-order valence-electron chi connectivity index (χ0n) is 18.6. The fourth-order valence-corrected chi connectivity index (χ4v) is 3.43. The highest BCUT2D eigenvalue weighted by molar-refractivity contribution is 5.95. The predicted octanol–water partition coefficient (Wildman–Crippen LogP) is 4.05. The van der Waals surface area contributed by atoms with Gasteiger partial charge in [0.05, 0.1) is 21.3 Å². The molecule has 0 radical (unpaired) electrons. The van der Waals surface area contributed by atoms with E-state index < -0.39 is 0 Å². The fourth-order valence-electron chi connectivity index (χ4n) is 3.43. The molecule has 3 aromatic rings. The van der Waals surface area contributed by atoms with Crippen molar-refractivity contribution in [2.75, 3.05) is 33.3 Å². The Hall–Kier alpha value is -3.68. The Morgan fingerprint density at radius 3 is 2.10 bits per heavy atom. The molecule has 164 valence electrons. The van der Waals surface area contributed by atoms with Crippen molar-refractivity contribution < 1.29 is 23.7 Å². The Kier molecular flexibility index (Phi) is 6.69. The lowest BCUT2D eigenvalue weighted by Gasteiger charge is -2.15. The summed E-state index contributed by atoms with van der Waals surface area (Å²) in [7, 11) is 4.65. The summed E-state index contributed by atoms with van der Waals surface area (Å²) in [5, 5.41) is 9.97. The summed E-state index contributed by atoms with van der Waals surface area (Å²) >= 11 is 0.